The molecule has 0 unspecified atom stereocenters. The van der Waals surface area contributed by atoms with Gasteiger partial charge in [-0.05, 0) is 61.9 Å². The molecule has 0 atom stereocenters. The summed E-state index contributed by atoms with van der Waals surface area (Å²) < 4.78 is 11.8. The molecule has 0 spiro atoms. The van der Waals surface area contributed by atoms with E-state index in [-0.39, 0.29) is 12.5 Å². The van der Waals surface area contributed by atoms with Gasteiger partial charge in [0.1, 0.15) is 6.61 Å². The fourth-order valence-corrected chi connectivity index (χ4v) is 3.92. The van der Waals surface area contributed by atoms with Gasteiger partial charge in [-0.25, -0.2) is 0 Å². The zero-order chi connectivity index (χ0) is 23.4. The Bertz CT molecular complexity index is 1220. The molecular weight excluding hydrogens is 459 g/mol. The SMILES string of the molecule is CCOc1cc(/C=C2\C(=O)N(c3ccccc3)N=C2C)ccc1OCc1c(Cl)cccc1Cl. The van der Waals surface area contributed by atoms with Gasteiger partial charge in [-0.1, -0.05) is 53.5 Å². The average Bonchev–Trinajstić information content (AvgIpc) is 3.09. The average molecular weight is 481 g/mol. The molecule has 3 aromatic carbocycles. The van der Waals surface area contributed by atoms with Crippen LogP contribution in [0.5, 0.6) is 11.5 Å². The van der Waals surface area contributed by atoms with Gasteiger partial charge in [0.25, 0.3) is 5.91 Å². The van der Waals surface area contributed by atoms with E-state index in [4.69, 9.17) is 32.7 Å². The number of amides is 1. The first-order valence-electron chi connectivity index (χ1n) is 10.5. The number of hydrazone groups is 1. The first kappa shape index (κ1) is 22.9. The van der Waals surface area contributed by atoms with E-state index in [2.05, 4.69) is 5.10 Å². The summed E-state index contributed by atoms with van der Waals surface area (Å²) in [5, 5.41) is 6.92. The van der Waals surface area contributed by atoms with E-state index in [0.717, 1.165) is 11.3 Å². The Kier molecular flexibility index (Phi) is 7.02. The van der Waals surface area contributed by atoms with Crippen LogP contribution in [0.15, 0.2) is 77.4 Å². The van der Waals surface area contributed by atoms with Crippen molar-refractivity contribution in [2.75, 3.05) is 11.6 Å². The van der Waals surface area contributed by atoms with Crippen molar-refractivity contribution in [2.24, 2.45) is 5.10 Å². The van der Waals surface area contributed by atoms with E-state index in [1.807, 2.05) is 62.4 Å². The largest absolute Gasteiger partial charge is 0.490 e. The number of halogens is 2. The Morgan fingerprint density at radius 2 is 1.67 bits per heavy atom. The van der Waals surface area contributed by atoms with E-state index in [0.29, 0.717) is 45.0 Å². The van der Waals surface area contributed by atoms with Crippen molar-refractivity contribution in [3.63, 3.8) is 0 Å². The second-order valence-electron chi connectivity index (χ2n) is 7.32. The van der Waals surface area contributed by atoms with Crippen LogP contribution in [0, 0.1) is 0 Å². The van der Waals surface area contributed by atoms with Crippen LogP contribution in [0.2, 0.25) is 10.0 Å². The second-order valence-corrected chi connectivity index (χ2v) is 8.14. The molecule has 168 valence electrons. The maximum Gasteiger partial charge on any atom is 0.280 e. The molecule has 7 heteroatoms. The standard InChI is InChI=1S/C26H22Cl2N2O3/c1-3-32-25-15-18(12-13-24(25)33-16-21-22(27)10-7-11-23(21)28)14-20-17(2)29-30(26(20)31)19-8-5-4-6-9-19/h4-15H,3,16H2,1-2H3/b20-14-. The van der Waals surface area contributed by atoms with Crippen molar-refractivity contribution in [2.45, 2.75) is 20.5 Å². The molecule has 5 nitrogen and oxygen atoms in total. The molecule has 0 fully saturated rings. The highest BCUT2D eigenvalue weighted by Crippen LogP contribution is 2.33. The Balaban J connectivity index is 1.58. The third-order valence-electron chi connectivity index (χ3n) is 5.08. The van der Waals surface area contributed by atoms with Gasteiger partial charge in [-0.3, -0.25) is 4.79 Å². The van der Waals surface area contributed by atoms with Gasteiger partial charge in [-0.15, -0.1) is 0 Å². The molecule has 0 saturated carbocycles. The molecule has 1 amide bonds. The van der Waals surface area contributed by atoms with Crippen molar-refractivity contribution >= 4 is 46.6 Å². The smallest absolute Gasteiger partial charge is 0.280 e. The van der Waals surface area contributed by atoms with Crippen molar-refractivity contribution in [1.82, 2.24) is 0 Å². The lowest BCUT2D eigenvalue weighted by molar-refractivity contribution is -0.114. The first-order chi connectivity index (χ1) is 16.0. The second kappa shape index (κ2) is 10.1. The van der Waals surface area contributed by atoms with Gasteiger partial charge >= 0.3 is 0 Å². The van der Waals surface area contributed by atoms with Gasteiger partial charge in [0.05, 0.1) is 23.6 Å². The van der Waals surface area contributed by atoms with E-state index >= 15 is 0 Å². The molecular formula is C26H22Cl2N2O3. The Hall–Kier alpha value is -3.28. The molecule has 0 radical (unpaired) electrons. The van der Waals surface area contributed by atoms with E-state index in [1.165, 1.54) is 5.01 Å². The molecule has 1 aliphatic rings. The zero-order valence-electron chi connectivity index (χ0n) is 18.2. The maximum atomic E-state index is 13.0. The van der Waals surface area contributed by atoms with Gasteiger partial charge in [0.2, 0.25) is 0 Å². The third-order valence-corrected chi connectivity index (χ3v) is 5.78. The number of nitrogens with zero attached hydrogens (tertiary/aromatic N) is 2. The summed E-state index contributed by atoms with van der Waals surface area (Å²) in [6.45, 7) is 4.38. The maximum absolute atomic E-state index is 13.0. The minimum absolute atomic E-state index is 0.176. The number of hydrogen-bond donors (Lipinski definition) is 0. The summed E-state index contributed by atoms with van der Waals surface area (Å²) in [6, 6.07) is 20.2. The zero-order valence-corrected chi connectivity index (χ0v) is 19.7. The topological polar surface area (TPSA) is 51.1 Å². The molecule has 1 aliphatic heterocycles. The lowest BCUT2D eigenvalue weighted by atomic mass is 10.1. The Morgan fingerprint density at radius 3 is 2.36 bits per heavy atom. The highest BCUT2D eigenvalue weighted by molar-refractivity contribution is 6.36. The summed E-state index contributed by atoms with van der Waals surface area (Å²) in [4.78, 5) is 13.0. The number of anilines is 1. The minimum atomic E-state index is -0.176. The van der Waals surface area contributed by atoms with Gasteiger partial charge in [-0.2, -0.15) is 10.1 Å². The number of ether oxygens (including phenoxy) is 2. The predicted molar refractivity (Wildman–Crippen MR) is 133 cm³/mol. The number of hydrogen-bond acceptors (Lipinski definition) is 4. The fourth-order valence-electron chi connectivity index (χ4n) is 3.42. The number of benzene rings is 3. The molecule has 0 aromatic heterocycles. The molecule has 0 N–H and O–H groups in total. The monoisotopic (exact) mass is 480 g/mol. The van der Waals surface area contributed by atoms with Gasteiger partial charge < -0.3 is 9.47 Å². The van der Waals surface area contributed by atoms with Crippen LogP contribution in [0.1, 0.15) is 25.0 Å². The quantitative estimate of drug-likeness (QED) is 0.350. The van der Waals surface area contributed by atoms with Crippen molar-refractivity contribution in [1.29, 1.82) is 0 Å². The fraction of sp³-hybridized carbons (Fsp3) is 0.154. The molecule has 0 bridgehead atoms. The van der Waals surface area contributed by atoms with Crippen LogP contribution < -0.4 is 14.5 Å². The summed E-state index contributed by atoms with van der Waals surface area (Å²) in [5.41, 5.74) is 3.41. The number of rotatable bonds is 7. The summed E-state index contributed by atoms with van der Waals surface area (Å²) >= 11 is 12.5. The molecule has 1 heterocycles. The van der Waals surface area contributed by atoms with E-state index < -0.39 is 0 Å². The third kappa shape index (κ3) is 5.05. The summed E-state index contributed by atoms with van der Waals surface area (Å²) in [7, 11) is 0. The number of carbonyl (C=O) groups is 1. The highest BCUT2D eigenvalue weighted by atomic mass is 35.5. The van der Waals surface area contributed by atoms with Crippen molar-refractivity contribution in [3.8, 4) is 11.5 Å². The van der Waals surface area contributed by atoms with Crippen LogP contribution >= 0.6 is 23.2 Å². The lowest BCUT2D eigenvalue weighted by Crippen LogP contribution is -2.21. The highest BCUT2D eigenvalue weighted by Gasteiger charge is 2.28. The summed E-state index contributed by atoms with van der Waals surface area (Å²) in [6.07, 6.45) is 1.81. The van der Waals surface area contributed by atoms with E-state index in [1.54, 1.807) is 24.3 Å². The van der Waals surface area contributed by atoms with Crippen LogP contribution in [-0.2, 0) is 11.4 Å². The van der Waals surface area contributed by atoms with Gasteiger partial charge in [0, 0.05) is 15.6 Å². The van der Waals surface area contributed by atoms with E-state index in [9.17, 15) is 4.79 Å². The molecule has 0 saturated heterocycles. The molecule has 4 rings (SSSR count). The minimum Gasteiger partial charge on any atom is -0.490 e. The molecule has 0 aliphatic carbocycles. The number of para-hydroxylation sites is 1. The van der Waals surface area contributed by atoms with Crippen molar-refractivity contribution in [3.05, 3.63) is 93.5 Å². The van der Waals surface area contributed by atoms with Crippen LogP contribution in [0.3, 0.4) is 0 Å². The van der Waals surface area contributed by atoms with Crippen LogP contribution in [0.4, 0.5) is 5.69 Å². The van der Waals surface area contributed by atoms with Crippen molar-refractivity contribution < 1.29 is 14.3 Å². The predicted octanol–water partition coefficient (Wildman–Crippen LogP) is 6.78. The lowest BCUT2D eigenvalue weighted by Gasteiger charge is -2.14. The van der Waals surface area contributed by atoms with Crippen LogP contribution in [0.25, 0.3) is 6.08 Å². The molecule has 3 aromatic rings. The normalized spacial score (nSPS) is 14.5. The molecule has 33 heavy (non-hydrogen) atoms. The summed E-state index contributed by atoms with van der Waals surface area (Å²) in [5.74, 6) is 0.948. The number of carbonyl (C=O) groups excluding carboxylic acids is 1. The van der Waals surface area contributed by atoms with Gasteiger partial charge in [0.15, 0.2) is 11.5 Å². The Labute approximate surface area is 202 Å². The first-order valence-corrected chi connectivity index (χ1v) is 11.2. The van der Waals surface area contributed by atoms with Crippen LogP contribution in [-0.4, -0.2) is 18.2 Å². The Morgan fingerprint density at radius 1 is 0.939 bits per heavy atom.